The first-order chi connectivity index (χ1) is 8.66. The highest BCUT2D eigenvalue weighted by atomic mass is 19.2. The van der Waals surface area contributed by atoms with Crippen molar-refractivity contribution in [3.05, 3.63) is 65.0 Å². The number of aromatic nitrogens is 1. The molecule has 0 aliphatic rings. The van der Waals surface area contributed by atoms with Crippen molar-refractivity contribution >= 4 is 0 Å². The zero-order chi connectivity index (χ0) is 13.0. The van der Waals surface area contributed by atoms with E-state index in [1.54, 1.807) is 12.3 Å². The zero-order valence-corrected chi connectivity index (χ0v) is 10.1. The average molecular weight is 248 g/mol. The molecule has 0 saturated carbocycles. The van der Waals surface area contributed by atoms with E-state index in [2.05, 4.69) is 10.3 Å². The molecule has 1 N–H and O–H groups in total. The lowest BCUT2D eigenvalue weighted by molar-refractivity contribution is 0.506. The summed E-state index contributed by atoms with van der Waals surface area (Å²) in [4.78, 5) is 4.24. The maximum Gasteiger partial charge on any atom is 0.159 e. The van der Waals surface area contributed by atoms with Gasteiger partial charge in [-0.1, -0.05) is 12.1 Å². The summed E-state index contributed by atoms with van der Waals surface area (Å²) in [5.41, 5.74) is 2.78. The van der Waals surface area contributed by atoms with Crippen LogP contribution >= 0.6 is 0 Å². The molecular weight excluding hydrogens is 234 g/mol. The smallest absolute Gasteiger partial charge is 0.159 e. The lowest BCUT2D eigenvalue weighted by Crippen LogP contribution is -2.14. The van der Waals surface area contributed by atoms with Gasteiger partial charge in [0.2, 0.25) is 0 Å². The van der Waals surface area contributed by atoms with Gasteiger partial charge < -0.3 is 5.32 Å². The normalized spacial score (nSPS) is 10.6. The molecule has 94 valence electrons. The minimum absolute atomic E-state index is 0.479. The van der Waals surface area contributed by atoms with E-state index in [9.17, 15) is 8.78 Å². The second-order valence-electron chi connectivity index (χ2n) is 4.12. The minimum atomic E-state index is -0.820. The van der Waals surface area contributed by atoms with Crippen LogP contribution in [0.1, 0.15) is 16.8 Å². The Kier molecular flexibility index (Phi) is 3.99. The molecule has 1 aromatic carbocycles. The largest absolute Gasteiger partial charge is 0.307 e. The molecule has 1 heterocycles. The number of benzene rings is 1. The van der Waals surface area contributed by atoms with Crippen LogP contribution in [0.4, 0.5) is 8.78 Å². The van der Waals surface area contributed by atoms with Crippen LogP contribution in [-0.4, -0.2) is 4.98 Å². The molecule has 4 heteroatoms. The molecule has 0 radical (unpaired) electrons. The van der Waals surface area contributed by atoms with Crippen LogP contribution in [0.25, 0.3) is 0 Å². The molecule has 0 atom stereocenters. The van der Waals surface area contributed by atoms with Crippen LogP contribution in [0.5, 0.6) is 0 Å². The summed E-state index contributed by atoms with van der Waals surface area (Å²) in [6, 6.07) is 7.78. The monoisotopic (exact) mass is 248 g/mol. The van der Waals surface area contributed by atoms with Crippen molar-refractivity contribution in [3.8, 4) is 0 Å². The molecular formula is C14H14F2N2. The SMILES string of the molecule is Cc1cccnc1CNCc1ccc(F)c(F)c1. The van der Waals surface area contributed by atoms with Gasteiger partial charge in [0.1, 0.15) is 0 Å². The van der Waals surface area contributed by atoms with E-state index in [-0.39, 0.29) is 0 Å². The van der Waals surface area contributed by atoms with Gasteiger partial charge in [-0.2, -0.15) is 0 Å². The number of nitrogens with zero attached hydrogens (tertiary/aromatic N) is 1. The van der Waals surface area contributed by atoms with Crippen molar-refractivity contribution in [2.45, 2.75) is 20.0 Å². The third kappa shape index (κ3) is 3.11. The number of rotatable bonds is 4. The topological polar surface area (TPSA) is 24.9 Å². The fourth-order valence-corrected chi connectivity index (χ4v) is 1.68. The third-order valence-electron chi connectivity index (χ3n) is 2.72. The Morgan fingerprint density at radius 3 is 2.67 bits per heavy atom. The van der Waals surface area contributed by atoms with Crippen LogP contribution in [0, 0.1) is 18.6 Å². The van der Waals surface area contributed by atoms with Crippen LogP contribution < -0.4 is 5.32 Å². The molecule has 2 nitrogen and oxygen atoms in total. The van der Waals surface area contributed by atoms with E-state index < -0.39 is 11.6 Å². The van der Waals surface area contributed by atoms with Gasteiger partial charge in [-0.25, -0.2) is 8.78 Å². The van der Waals surface area contributed by atoms with Crippen molar-refractivity contribution in [3.63, 3.8) is 0 Å². The van der Waals surface area contributed by atoms with Gasteiger partial charge in [0, 0.05) is 19.3 Å². The van der Waals surface area contributed by atoms with E-state index in [0.29, 0.717) is 18.7 Å². The van der Waals surface area contributed by atoms with Gasteiger partial charge in [0.25, 0.3) is 0 Å². The number of halogens is 2. The van der Waals surface area contributed by atoms with Crippen molar-refractivity contribution in [1.29, 1.82) is 0 Å². The number of hydrogen-bond acceptors (Lipinski definition) is 2. The molecule has 18 heavy (non-hydrogen) atoms. The number of hydrogen-bond donors (Lipinski definition) is 1. The van der Waals surface area contributed by atoms with E-state index in [1.807, 2.05) is 19.1 Å². The molecule has 0 unspecified atom stereocenters. The quantitative estimate of drug-likeness (QED) is 0.899. The summed E-state index contributed by atoms with van der Waals surface area (Å²) in [5.74, 6) is -1.64. The predicted octanol–water partition coefficient (Wildman–Crippen LogP) is 2.96. The maximum atomic E-state index is 13.0. The van der Waals surface area contributed by atoms with E-state index >= 15 is 0 Å². The lowest BCUT2D eigenvalue weighted by atomic mass is 10.2. The number of nitrogens with one attached hydrogen (secondary N) is 1. The van der Waals surface area contributed by atoms with Crippen LogP contribution in [0.15, 0.2) is 36.5 Å². The summed E-state index contributed by atoms with van der Waals surface area (Å²) in [6.07, 6.45) is 1.74. The number of aryl methyl sites for hydroxylation is 1. The van der Waals surface area contributed by atoms with Gasteiger partial charge in [0.05, 0.1) is 5.69 Å². The first-order valence-electron chi connectivity index (χ1n) is 5.72. The fraction of sp³-hybridized carbons (Fsp3) is 0.214. The molecule has 0 aliphatic heterocycles. The van der Waals surface area contributed by atoms with Gasteiger partial charge in [-0.05, 0) is 36.2 Å². The second kappa shape index (κ2) is 5.69. The van der Waals surface area contributed by atoms with Crippen LogP contribution in [-0.2, 0) is 13.1 Å². The summed E-state index contributed by atoms with van der Waals surface area (Å²) in [5, 5.41) is 3.15. The Bertz CT molecular complexity index is 541. The fourth-order valence-electron chi connectivity index (χ4n) is 1.68. The molecule has 2 aromatic rings. The molecule has 1 aromatic heterocycles. The molecule has 0 aliphatic carbocycles. The average Bonchev–Trinajstić information content (AvgIpc) is 2.36. The zero-order valence-electron chi connectivity index (χ0n) is 10.1. The highest BCUT2D eigenvalue weighted by Crippen LogP contribution is 2.09. The van der Waals surface area contributed by atoms with E-state index in [4.69, 9.17) is 0 Å². The second-order valence-corrected chi connectivity index (χ2v) is 4.12. The number of pyridine rings is 1. The van der Waals surface area contributed by atoms with Crippen molar-refractivity contribution in [2.75, 3.05) is 0 Å². The van der Waals surface area contributed by atoms with Gasteiger partial charge in [-0.3, -0.25) is 4.98 Å². The van der Waals surface area contributed by atoms with Gasteiger partial charge in [0.15, 0.2) is 11.6 Å². The van der Waals surface area contributed by atoms with Crippen molar-refractivity contribution < 1.29 is 8.78 Å². The maximum absolute atomic E-state index is 13.0. The summed E-state index contributed by atoms with van der Waals surface area (Å²) in [7, 11) is 0. The first kappa shape index (κ1) is 12.6. The minimum Gasteiger partial charge on any atom is -0.307 e. The highest BCUT2D eigenvalue weighted by Gasteiger charge is 2.03. The van der Waals surface area contributed by atoms with Crippen LogP contribution in [0.3, 0.4) is 0 Å². The van der Waals surface area contributed by atoms with Crippen LogP contribution in [0.2, 0.25) is 0 Å². The highest BCUT2D eigenvalue weighted by molar-refractivity contribution is 5.19. The Hall–Kier alpha value is -1.81. The Balaban J connectivity index is 1.92. The summed E-state index contributed by atoms with van der Waals surface area (Å²) >= 11 is 0. The Morgan fingerprint density at radius 2 is 1.94 bits per heavy atom. The Labute approximate surface area is 105 Å². The standard InChI is InChI=1S/C14H14F2N2/c1-10-3-2-6-18-14(10)9-17-8-11-4-5-12(15)13(16)7-11/h2-7,17H,8-9H2,1H3. The third-order valence-corrected chi connectivity index (χ3v) is 2.72. The molecule has 0 bridgehead atoms. The molecule has 0 spiro atoms. The van der Waals surface area contributed by atoms with Gasteiger partial charge >= 0.3 is 0 Å². The summed E-state index contributed by atoms with van der Waals surface area (Å²) in [6.45, 7) is 3.07. The van der Waals surface area contributed by atoms with E-state index in [1.165, 1.54) is 6.07 Å². The summed E-state index contributed by atoms with van der Waals surface area (Å²) < 4.78 is 25.7. The first-order valence-corrected chi connectivity index (χ1v) is 5.72. The predicted molar refractivity (Wildman–Crippen MR) is 65.9 cm³/mol. The van der Waals surface area contributed by atoms with E-state index in [0.717, 1.165) is 17.3 Å². The van der Waals surface area contributed by atoms with Gasteiger partial charge in [-0.15, -0.1) is 0 Å². The molecule has 0 fully saturated rings. The Morgan fingerprint density at radius 1 is 1.11 bits per heavy atom. The van der Waals surface area contributed by atoms with Crippen molar-refractivity contribution in [2.24, 2.45) is 0 Å². The lowest BCUT2D eigenvalue weighted by Gasteiger charge is -2.07. The molecule has 0 saturated heterocycles. The molecule has 0 amide bonds. The molecule has 2 rings (SSSR count). The van der Waals surface area contributed by atoms with Crippen molar-refractivity contribution in [1.82, 2.24) is 10.3 Å².